The van der Waals surface area contributed by atoms with Gasteiger partial charge in [0.15, 0.2) is 0 Å². The molecule has 16 heavy (non-hydrogen) atoms. The van der Waals surface area contributed by atoms with Gasteiger partial charge in [-0.1, -0.05) is 26.2 Å². The fourth-order valence-corrected chi connectivity index (χ4v) is 2.50. The number of nitrogens with one attached hydrogen (secondary N) is 1. The van der Waals surface area contributed by atoms with Crippen molar-refractivity contribution >= 4 is 5.91 Å². The SMILES string of the molecule is CCN(CC(=O)NC)C1CCCCCC1N. The van der Waals surface area contributed by atoms with Crippen LogP contribution in [0, 0.1) is 0 Å². The second-order valence-corrected chi connectivity index (χ2v) is 4.61. The maximum absolute atomic E-state index is 11.4. The molecule has 3 N–H and O–H groups in total. The van der Waals surface area contributed by atoms with Crippen LogP contribution in [0.4, 0.5) is 0 Å². The molecule has 1 fully saturated rings. The molecule has 0 saturated heterocycles. The zero-order valence-corrected chi connectivity index (χ0v) is 10.5. The van der Waals surface area contributed by atoms with Gasteiger partial charge in [0.1, 0.15) is 0 Å². The van der Waals surface area contributed by atoms with E-state index in [0.717, 1.165) is 19.4 Å². The van der Waals surface area contributed by atoms with Crippen molar-refractivity contribution in [2.24, 2.45) is 5.73 Å². The van der Waals surface area contributed by atoms with Gasteiger partial charge in [-0.15, -0.1) is 0 Å². The molecule has 1 aliphatic rings. The second kappa shape index (κ2) is 6.86. The molecule has 0 aromatic rings. The first-order chi connectivity index (χ1) is 7.69. The zero-order valence-electron chi connectivity index (χ0n) is 10.5. The summed E-state index contributed by atoms with van der Waals surface area (Å²) >= 11 is 0. The lowest BCUT2D eigenvalue weighted by Crippen LogP contribution is -2.50. The van der Waals surface area contributed by atoms with Crippen LogP contribution in [-0.4, -0.2) is 43.0 Å². The third-order valence-corrected chi connectivity index (χ3v) is 3.53. The Morgan fingerprint density at radius 1 is 1.38 bits per heavy atom. The van der Waals surface area contributed by atoms with Crippen molar-refractivity contribution in [3.05, 3.63) is 0 Å². The van der Waals surface area contributed by atoms with Gasteiger partial charge in [0.25, 0.3) is 0 Å². The van der Waals surface area contributed by atoms with Gasteiger partial charge in [0.05, 0.1) is 6.54 Å². The van der Waals surface area contributed by atoms with Gasteiger partial charge in [0.2, 0.25) is 5.91 Å². The minimum Gasteiger partial charge on any atom is -0.358 e. The van der Waals surface area contributed by atoms with E-state index in [0.29, 0.717) is 12.6 Å². The predicted molar refractivity (Wildman–Crippen MR) is 66.2 cm³/mol. The van der Waals surface area contributed by atoms with Crippen LogP contribution < -0.4 is 11.1 Å². The quantitative estimate of drug-likeness (QED) is 0.696. The Morgan fingerprint density at radius 2 is 2.06 bits per heavy atom. The molecular formula is C12H25N3O. The number of carbonyl (C=O) groups is 1. The Bertz CT molecular complexity index is 220. The summed E-state index contributed by atoms with van der Waals surface area (Å²) in [7, 11) is 1.68. The van der Waals surface area contributed by atoms with E-state index in [1.807, 2.05) is 0 Å². The standard InChI is InChI=1S/C12H25N3O/c1-3-15(9-12(16)14-2)11-8-6-4-5-7-10(11)13/h10-11H,3-9,13H2,1-2H3,(H,14,16). The molecule has 0 aromatic carbocycles. The highest BCUT2D eigenvalue weighted by molar-refractivity contribution is 5.77. The summed E-state index contributed by atoms with van der Waals surface area (Å²) in [6.45, 7) is 3.47. The monoisotopic (exact) mass is 227 g/mol. The average Bonchev–Trinajstić information content (AvgIpc) is 2.50. The smallest absolute Gasteiger partial charge is 0.233 e. The molecule has 1 rings (SSSR count). The summed E-state index contributed by atoms with van der Waals surface area (Å²) in [4.78, 5) is 13.6. The lowest BCUT2D eigenvalue weighted by molar-refractivity contribution is -0.122. The van der Waals surface area contributed by atoms with E-state index < -0.39 is 0 Å². The number of likely N-dealkylation sites (N-methyl/N-ethyl adjacent to an activating group) is 2. The van der Waals surface area contributed by atoms with Crippen molar-refractivity contribution in [1.82, 2.24) is 10.2 Å². The van der Waals surface area contributed by atoms with Crippen LogP contribution in [0.5, 0.6) is 0 Å². The van der Waals surface area contributed by atoms with Crippen molar-refractivity contribution in [2.75, 3.05) is 20.1 Å². The first-order valence-corrected chi connectivity index (χ1v) is 6.39. The molecule has 2 atom stereocenters. The second-order valence-electron chi connectivity index (χ2n) is 4.61. The molecule has 1 aliphatic carbocycles. The van der Waals surface area contributed by atoms with Crippen LogP contribution in [0.25, 0.3) is 0 Å². The molecule has 1 amide bonds. The van der Waals surface area contributed by atoms with Gasteiger partial charge in [-0.25, -0.2) is 0 Å². The Hall–Kier alpha value is -0.610. The lowest BCUT2D eigenvalue weighted by Gasteiger charge is -2.33. The number of nitrogens with zero attached hydrogens (tertiary/aromatic N) is 1. The van der Waals surface area contributed by atoms with Gasteiger partial charge in [-0.05, 0) is 19.4 Å². The number of amides is 1. The number of rotatable bonds is 4. The molecular weight excluding hydrogens is 202 g/mol. The molecule has 2 unspecified atom stereocenters. The lowest BCUT2D eigenvalue weighted by atomic mass is 10.0. The molecule has 0 aliphatic heterocycles. The van der Waals surface area contributed by atoms with Crippen molar-refractivity contribution in [1.29, 1.82) is 0 Å². The Kier molecular flexibility index (Phi) is 5.77. The van der Waals surface area contributed by atoms with Gasteiger partial charge in [-0.2, -0.15) is 0 Å². The van der Waals surface area contributed by atoms with Crippen LogP contribution >= 0.6 is 0 Å². The van der Waals surface area contributed by atoms with Crippen LogP contribution in [0.15, 0.2) is 0 Å². The Labute approximate surface area is 98.6 Å². The van der Waals surface area contributed by atoms with E-state index in [1.165, 1.54) is 19.3 Å². The largest absolute Gasteiger partial charge is 0.358 e. The fraction of sp³-hybridized carbons (Fsp3) is 0.917. The molecule has 0 spiro atoms. The van der Waals surface area contributed by atoms with E-state index in [-0.39, 0.29) is 11.9 Å². The highest BCUT2D eigenvalue weighted by atomic mass is 16.1. The zero-order chi connectivity index (χ0) is 12.0. The summed E-state index contributed by atoms with van der Waals surface area (Å²) < 4.78 is 0. The highest BCUT2D eigenvalue weighted by Gasteiger charge is 2.26. The van der Waals surface area contributed by atoms with Gasteiger partial charge in [-0.3, -0.25) is 9.69 Å². The molecule has 0 radical (unpaired) electrons. The van der Waals surface area contributed by atoms with Crippen molar-refractivity contribution < 1.29 is 4.79 Å². The number of nitrogens with two attached hydrogens (primary N) is 1. The minimum atomic E-state index is 0.0818. The molecule has 94 valence electrons. The summed E-state index contributed by atoms with van der Waals surface area (Å²) in [5, 5.41) is 2.68. The highest BCUT2D eigenvalue weighted by Crippen LogP contribution is 2.21. The van der Waals surface area contributed by atoms with Crippen molar-refractivity contribution in [2.45, 2.75) is 51.1 Å². The van der Waals surface area contributed by atoms with E-state index in [1.54, 1.807) is 7.05 Å². The number of hydrogen-bond acceptors (Lipinski definition) is 3. The third kappa shape index (κ3) is 3.76. The predicted octanol–water partition coefficient (Wildman–Crippen LogP) is 0.714. The fourth-order valence-electron chi connectivity index (χ4n) is 2.50. The van der Waals surface area contributed by atoms with E-state index in [2.05, 4.69) is 17.1 Å². The molecule has 4 nitrogen and oxygen atoms in total. The Morgan fingerprint density at radius 3 is 2.69 bits per heavy atom. The van der Waals surface area contributed by atoms with Crippen LogP contribution in [-0.2, 0) is 4.79 Å². The summed E-state index contributed by atoms with van der Waals surface area (Å²) in [5.41, 5.74) is 6.20. The van der Waals surface area contributed by atoms with Crippen molar-refractivity contribution in [3.8, 4) is 0 Å². The minimum absolute atomic E-state index is 0.0818. The molecule has 0 bridgehead atoms. The van der Waals surface area contributed by atoms with E-state index >= 15 is 0 Å². The van der Waals surface area contributed by atoms with E-state index in [9.17, 15) is 4.79 Å². The molecule has 0 heterocycles. The van der Waals surface area contributed by atoms with Crippen LogP contribution in [0.2, 0.25) is 0 Å². The van der Waals surface area contributed by atoms with Gasteiger partial charge < -0.3 is 11.1 Å². The molecule has 1 saturated carbocycles. The molecule has 4 heteroatoms. The normalized spacial score (nSPS) is 26.5. The summed E-state index contributed by atoms with van der Waals surface area (Å²) in [6, 6.07) is 0.608. The van der Waals surface area contributed by atoms with Gasteiger partial charge in [0, 0.05) is 19.1 Å². The maximum atomic E-state index is 11.4. The first-order valence-electron chi connectivity index (χ1n) is 6.39. The van der Waals surface area contributed by atoms with E-state index in [4.69, 9.17) is 5.73 Å². The summed E-state index contributed by atoms with van der Waals surface area (Å²) in [5.74, 6) is 0.0818. The third-order valence-electron chi connectivity index (χ3n) is 3.53. The molecule has 0 aromatic heterocycles. The maximum Gasteiger partial charge on any atom is 0.233 e. The Balaban J connectivity index is 2.57. The average molecular weight is 227 g/mol. The topological polar surface area (TPSA) is 58.4 Å². The van der Waals surface area contributed by atoms with Crippen LogP contribution in [0.3, 0.4) is 0 Å². The van der Waals surface area contributed by atoms with Gasteiger partial charge >= 0.3 is 0 Å². The number of hydrogen-bond donors (Lipinski definition) is 2. The number of carbonyl (C=O) groups excluding carboxylic acids is 1. The van der Waals surface area contributed by atoms with Crippen molar-refractivity contribution in [3.63, 3.8) is 0 Å². The summed E-state index contributed by atoms with van der Waals surface area (Å²) in [6.07, 6.45) is 5.97. The van der Waals surface area contributed by atoms with Crippen LogP contribution in [0.1, 0.15) is 39.0 Å². The first kappa shape index (κ1) is 13.5.